The van der Waals surface area contributed by atoms with E-state index in [1.54, 1.807) is 25.7 Å². The predicted molar refractivity (Wildman–Crippen MR) is 141 cm³/mol. The molecule has 1 aromatic carbocycles. The quantitative estimate of drug-likeness (QED) is 0.456. The lowest BCUT2D eigenvalue weighted by atomic mass is 9.96. The predicted octanol–water partition coefficient (Wildman–Crippen LogP) is 3.81. The first-order valence-electron chi connectivity index (χ1n) is 12.9. The van der Waals surface area contributed by atoms with Crippen LogP contribution in [0.3, 0.4) is 0 Å². The van der Waals surface area contributed by atoms with Gasteiger partial charge in [0, 0.05) is 6.04 Å². The summed E-state index contributed by atoms with van der Waals surface area (Å²) in [5, 5.41) is 5.39. The number of alkyl carbamates (subject to hydrolysis) is 1. The third kappa shape index (κ3) is 9.05. The molecule has 1 aliphatic rings. The minimum Gasteiger partial charge on any atom is -0.468 e. The Morgan fingerprint density at radius 3 is 2.11 bits per heavy atom. The maximum atomic E-state index is 14.2. The number of nitrogens with zero attached hydrogens (tertiary/aromatic N) is 1. The fourth-order valence-electron chi connectivity index (χ4n) is 4.43. The van der Waals surface area contributed by atoms with Gasteiger partial charge in [-0.2, -0.15) is 0 Å². The zero-order chi connectivity index (χ0) is 28.1. The van der Waals surface area contributed by atoms with Gasteiger partial charge >= 0.3 is 12.1 Å². The van der Waals surface area contributed by atoms with Crippen molar-refractivity contribution in [3.05, 3.63) is 34.9 Å². The van der Waals surface area contributed by atoms with Gasteiger partial charge in [-0.15, -0.1) is 0 Å². The Kier molecular flexibility index (Phi) is 10.1. The number of hydrogen-bond donors (Lipinski definition) is 2. The molecule has 4 unspecified atom stereocenters. The fraction of sp³-hybridized carbons (Fsp3) is 0.643. The highest BCUT2D eigenvalue weighted by molar-refractivity contribution is 5.93. The van der Waals surface area contributed by atoms with Gasteiger partial charge in [0.05, 0.1) is 7.11 Å². The molecule has 0 radical (unpaired) electrons. The molecule has 0 bridgehead atoms. The zero-order valence-electron chi connectivity index (χ0n) is 23.6. The van der Waals surface area contributed by atoms with Gasteiger partial charge in [0.25, 0.3) is 0 Å². The average molecular weight is 518 g/mol. The first-order valence-corrected chi connectivity index (χ1v) is 12.9. The standard InChI is InChI=1S/C28H43N3O6/c1-16(2)10-21(30-27(35)37-28(6,7)8)26(34)31(22-14-19(22)5)24(25(33)29-15-23(32)36-9)20-12-17(3)11-18(4)13-20/h11-13,16,19,21-22,24H,10,14-15H2,1-9H3,(H,29,33)(H,30,35). The molecule has 2 rings (SSSR count). The van der Waals surface area contributed by atoms with Gasteiger partial charge in [0.2, 0.25) is 11.8 Å². The van der Waals surface area contributed by atoms with Crippen LogP contribution in [0.1, 0.15) is 77.1 Å². The van der Waals surface area contributed by atoms with Crippen LogP contribution in [-0.2, 0) is 23.9 Å². The van der Waals surface area contributed by atoms with Gasteiger partial charge in [-0.25, -0.2) is 4.79 Å². The number of amides is 3. The van der Waals surface area contributed by atoms with Crippen LogP contribution in [0.2, 0.25) is 0 Å². The van der Waals surface area contributed by atoms with Crippen molar-refractivity contribution in [3.63, 3.8) is 0 Å². The molecule has 0 heterocycles. The minimum absolute atomic E-state index is 0.0928. The molecule has 1 saturated carbocycles. The van der Waals surface area contributed by atoms with Crippen molar-refractivity contribution in [1.29, 1.82) is 0 Å². The molecular formula is C28H43N3O6. The van der Waals surface area contributed by atoms with Crippen molar-refractivity contribution in [1.82, 2.24) is 15.5 Å². The highest BCUT2D eigenvalue weighted by atomic mass is 16.6. The lowest BCUT2D eigenvalue weighted by Crippen LogP contribution is -2.54. The van der Waals surface area contributed by atoms with E-state index >= 15 is 0 Å². The van der Waals surface area contributed by atoms with Crippen LogP contribution in [0.15, 0.2) is 18.2 Å². The number of esters is 1. The van der Waals surface area contributed by atoms with E-state index in [0.29, 0.717) is 12.0 Å². The summed E-state index contributed by atoms with van der Waals surface area (Å²) >= 11 is 0. The number of aryl methyl sites for hydroxylation is 2. The molecule has 0 aromatic heterocycles. The van der Waals surface area contributed by atoms with Crippen molar-refractivity contribution >= 4 is 23.9 Å². The number of methoxy groups -OCH3 is 1. The van der Waals surface area contributed by atoms with E-state index in [2.05, 4.69) is 15.4 Å². The van der Waals surface area contributed by atoms with Crippen molar-refractivity contribution in [2.75, 3.05) is 13.7 Å². The largest absolute Gasteiger partial charge is 0.468 e. The van der Waals surface area contributed by atoms with E-state index in [4.69, 9.17) is 4.74 Å². The highest BCUT2D eigenvalue weighted by Gasteiger charge is 2.48. The fourth-order valence-corrected chi connectivity index (χ4v) is 4.43. The molecule has 9 nitrogen and oxygen atoms in total. The molecule has 37 heavy (non-hydrogen) atoms. The summed E-state index contributed by atoms with van der Waals surface area (Å²) in [5.41, 5.74) is 1.81. The lowest BCUT2D eigenvalue weighted by Gasteiger charge is -2.35. The van der Waals surface area contributed by atoms with E-state index in [9.17, 15) is 19.2 Å². The Balaban J connectivity index is 2.52. The van der Waals surface area contributed by atoms with Crippen molar-refractivity contribution in [2.45, 2.75) is 92.0 Å². The van der Waals surface area contributed by atoms with Gasteiger partial charge in [-0.3, -0.25) is 14.4 Å². The second-order valence-electron chi connectivity index (χ2n) is 11.5. The molecular weight excluding hydrogens is 474 g/mol. The molecule has 1 aliphatic carbocycles. The second-order valence-corrected chi connectivity index (χ2v) is 11.5. The number of benzene rings is 1. The van der Waals surface area contributed by atoms with E-state index in [0.717, 1.165) is 17.5 Å². The molecule has 0 saturated heterocycles. The third-order valence-corrected chi connectivity index (χ3v) is 6.10. The summed E-state index contributed by atoms with van der Waals surface area (Å²) in [6.07, 6.45) is 0.422. The summed E-state index contributed by atoms with van der Waals surface area (Å²) in [6, 6.07) is 3.69. The van der Waals surface area contributed by atoms with E-state index in [-0.39, 0.29) is 30.3 Å². The van der Waals surface area contributed by atoms with Gasteiger partial charge in [-0.05, 0) is 64.9 Å². The third-order valence-electron chi connectivity index (χ3n) is 6.10. The Morgan fingerprint density at radius 1 is 1.08 bits per heavy atom. The number of nitrogens with one attached hydrogen (secondary N) is 2. The van der Waals surface area contributed by atoms with Gasteiger partial charge in [0.1, 0.15) is 24.2 Å². The zero-order valence-corrected chi connectivity index (χ0v) is 23.6. The van der Waals surface area contributed by atoms with E-state index in [1.807, 2.05) is 52.8 Å². The first kappa shape index (κ1) is 30.1. The van der Waals surface area contributed by atoms with Crippen LogP contribution in [0.25, 0.3) is 0 Å². The van der Waals surface area contributed by atoms with Crippen LogP contribution >= 0.6 is 0 Å². The number of carbonyl (C=O) groups is 4. The van der Waals surface area contributed by atoms with E-state index in [1.165, 1.54) is 7.11 Å². The van der Waals surface area contributed by atoms with Crippen LogP contribution < -0.4 is 10.6 Å². The number of ether oxygens (including phenoxy) is 2. The Morgan fingerprint density at radius 2 is 1.65 bits per heavy atom. The first-order chi connectivity index (χ1) is 17.1. The summed E-state index contributed by atoms with van der Waals surface area (Å²) in [4.78, 5) is 53.8. The van der Waals surface area contributed by atoms with Crippen LogP contribution in [0.5, 0.6) is 0 Å². The lowest BCUT2D eigenvalue weighted by molar-refractivity contribution is -0.145. The minimum atomic E-state index is -0.985. The number of hydrogen-bond acceptors (Lipinski definition) is 6. The Bertz CT molecular complexity index is 980. The highest BCUT2D eigenvalue weighted by Crippen LogP contribution is 2.41. The number of carbonyl (C=O) groups excluding carboxylic acids is 4. The van der Waals surface area contributed by atoms with Crippen molar-refractivity contribution in [3.8, 4) is 0 Å². The Labute approximate surface area is 220 Å². The normalized spacial score (nSPS) is 18.4. The topological polar surface area (TPSA) is 114 Å². The second kappa shape index (κ2) is 12.4. The van der Waals surface area contributed by atoms with Gasteiger partial charge in [-0.1, -0.05) is 50.1 Å². The molecule has 2 N–H and O–H groups in total. The van der Waals surface area contributed by atoms with Crippen LogP contribution in [-0.4, -0.2) is 60.1 Å². The number of rotatable bonds is 10. The Hall–Kier alpha value is -3.10. The van der Waals surface area contributed by atoms with E-state index < -0.39 is 35.7 Å². The summed E-state index contributed by atoms with van der Waals surface area (Å²) in [7, 11) is 1.25. The summed E-state index contributed by atoms with van der Waals surface area (Å²) in [6.45, 7) is 14.8. The van der Waals surface area contributed by atoms with Crippen molar-refractivity contribution < 1.29 is 28.7 Å². The monoisotopic (exact) mass is 517 g/mol. The van der Waals surface area contributed by atoms with Gasteiger partial charge < -0.3 is 25.0 Å². The molecule has 0 spiro atoms. The van der Waals surface area contributed by atoms with Crippen LogP contribution in [0.4, 0.5) is 4.79 Å². The van der Waals surface area contributed by atoms with Crippen molar-refractivity contribution in [2.24, 2.45) is 11.8 Å². The molecule has 1 aromatic rings. The molecule has 4 atom stereocenters. The van der Waals surface area contributed by atoms with Crippen LogP contribution in [0, 0.1) is 25.7 Å². The maximum absolute atomic E-state index is 14.2. The SMILES string of the molecule is COC(=O)CNC(=O)C(c1cc(C)cc(C)c1)N(C(=O)C(CC(C)C)NC(=O)OC(C)(C)C)C1CC1C. The summed E-state index contributed by atoms with van der Waals surface area (Å²) < 4.78 is 10.1. The molecule has 206 valence electrons. The molecule has 3 amide bonds. The molecule has 9 heteroatoms. The molecule has 1 fully saturated rings. The molecule has 0 aliphatic heterocycles. The average Bonchev–Trinajstić information content (AvgIpc) is 3.47. The summed E-state index contributed by atoms with van der Waals surface area (Å²) in [5.74, 6) is -1.15. The smallest absolute Gasteiger partial charge is 0.408 e. The maximum Gasteiger partial charge on any atom is 0.408 e. The van der Waals surface area contributed by atoms with Gasteiger partial charge in [0.15, 0.2) is 0 Å².